The van der Waals surface area contributed by atoms with Crippen LogP contribution in [0.2, 0.25) is 4.34 Å². The Labute approximate surface area is 161 Å². The molecule has 0 radical (unpaired) electrons. The van der Waals surface area contributed by atoms with Crippen molar-refractivity contribution in [1.82, 2.24) is 15.2 Å². The van der Waals surface area contributed by atoms with Crippen LogP contribution in [0, 0.1) is 0 Å². The molecule has 132 valence electrons. The number of carbonyl (C=O) groups is 1. The average molecular weight is 396 g/mol. The third kappa shape index (κ3) is 4.11. The van der Waals surface area contributed by atoms with Gasteiger partial charge < -0.3 is 15.0 Å². The summed E-state index contributed by atoms with van der Waals surface area (Å²) in [7, 11) is 1.40. The number of esters is 1. The van der Waals surface area contributed by atoms with E-state index in [9.17, 15) is 4.79 Å². The summed E-state index contributed by atoms with van der Waals surface area (Å²) in [5, 5.41) is 4.03. The third-order valence-corrected chi connectivity index (χ3v) is 5.75. The number of ether oxygens (including phenoxy) is 1. The van der Waals surface area contributed by atoms with Gasteiger partial charge in [-0.3, -0.25) is 9.78 Å². The van der Waals surface area contributed by atoms with Gasteiger partial charge in [-0.25, -0.2) is 0 Å². The lowest BCUT2D eigenvalue weighted by molar-refractivity contribution is -0.140. The van der Waals surface area contributed by atoms with Crippen LogP contribution < -0.4 is 5.32 Å². The Kier molecular flexibility index (Phi) is 5.88. The number of nitrogens with one attached hydrogen (secondary N) is 1. The molecule has 2 aromatic rings. The van der Waals surface area contributed by atoms with Gasteiger partial charge in [-0.15, -0.1) is 11.3 Å². The summed E-state index contributed by atoms with van der Waals surface area (Å²) in [5.74, 6) is -0.213. The van der Waals surface area contributed by atoms with Crippen molar-refractivity contribution >= 4 is 46.2 Å². The van der Waals surface area contributed by atoms with E-state index in [0.29, 0.717) is 24.5 Å². The summed E-state index contributed by atoms with van der Waals surface area (Å²) in [6, 6.07) is 9.70. The van der Waals surface area contributed by atoms with Crippen LogP contribution in [0.25, 0.3) is 0 Å². The molecule has 8 heteroatoms. The molecule has 0 saturated carbocycles. The number of halogens is 1. The molecule has 1 aliphatic heterocycles. The standard InChI is InChI=1S/C17H18ClN3O2S2/c1-23-14(22)6-4-10-21-16(12-7-8-13(18)25-12)15(20-17(21)24)11-5-2-3-9-19-11/h2-3,5,7-9,15-16H,4,6,10H2,1H3,(H,20,24)/t15-,16+/m0/s1. The molecular weight excluding hydrogens is 378 g/mol. The van der Waals surface area contributed by atoms with Gasteiger partial charge in [0.15, 0.2) is 5.11 Å². The minimum absolute atomic E-state index is 0.00227. The van der Waals surface area contributed by atoms with E-state index in [0.717, 1.165) is 14.9 Å². The van der Waals surface area contributed by atoms with Crippen molar-refractivity contribution in [3.8, 4) is 0 Å². The molecule has 0 bridgehead atoms. The molecule has 2 aromatic heterocycles. The number of hydrogen-bond donors (Lipinski definition) is 1. The Morgan fingerprint density at radius 3 is 2.92 bits per heavy atom. The Hall–Kier alpha value is -1.70. The van der Waals surface area contributed by atoms with E-state index in [-0.39, 0.29) is 18.1 Å². The van der Waals surface area contributed by atoms with Crippen LogP contribution in [-0.4, -0.2) is 34.6 Å². The van der Waals surface area contributed by atoms with Crippen LogP contribution in [0.1, 0.15) is 35.5 Å². The van der Waals surface area contributed by atoms with Crippen LogP contribution >= 0.6 is 35.2 Å². The number of rotatable bonds is 6. The third-order valence-electron chi connectivity index (χ3n) is 4.09. The number of methoxy groups -OCH3 is 1. The number of hydrogen-bond acceptors (Lipinski definition) is 5. The van der Waals surface area contributed by atoms with Crippen LogP contribution in [0.4, 0.5) is 0 Å². The molecule has 2 atom stereocenters. The second kappa shape index (κ2) is 8.12. The zero-order valence-electron chi connectivity index (χ0n) is 13.6. The highest BCUT2D eigenvalue weighted by Crippen LogP contribution is 2.42. The fraction of sp³-hybridized carbons (Fsp3) is 0.353. The summed E-state index contributed by atoms with van der Waals surface area (Å²) < 4.78 is 5.45. The van der Waals surface area contributed by atoms with E-state index in [4.69, 9.17) is 28.6 Å². The van der Waals surface area contributed by atoms with Crippen LogP contribution in [0.3, 0.4) is 0 Å². The minimum Gasteiger partial charge on any atom is -0.469 e. The minimum atomic E-state index is -0.213. The molecule has 1 saturated heterocycles. The zero-order chi connectivity index (χ0) is 17.8. The number of thiocarbonyl (C=S) groups is 1. The fourth-order valence-corrected chi connectivity index (χ4v) is 4.48. The monoisotopic (exact) mass is 395 g/mol. The highest BCUT2D eigenvalue weighted by molar-refractivity contribution is 7.80. The zero-order valence-corrected chi connectivity index (χ0v) is 16.0. The van der Waals surface area contributed by atoms with Crippen molar-refractivity contribution in [2.45, 2.75) is 24.9 Å². The summed E-state index contributed by atoms with van der Waals surface area (Å²) >= 11 is 13.2. The molecular formula is C17H18ClN3O2S2. The van der Waals surface area contributed by atoms with Crippen molar-refractivity contribution in [3.63, 3.8) is 0 Å². The van der Waals surface area contributed by atoms with Crippen molar-refractivity contribution in [2.24, 2.45) is 0 Å². The maximum absolute atomic E-state index is 11.4. The maximum Gasteiger partial charge on any atom is 0.305 e. The Morgan fingerprint density at radius 1 is 1.44 bits per heavy atom. The first-order valence-electron chi connectivity index (χ1n) is 7.90. The van der Waals surface area contributed by atoms with E-state index in [1.165, 1.54) is 18.4 Å². The number of pyridine rings is 1. The number of nitrogens with zero attached hydrogens (tertiary/aromatic N) is 2. The van der Waals surface area contributed by atoms with Crippen LogP contribution in [0.15, 0.2) is 36.5 Å². The van der Waals surface area contributed by atoms with Gasteiger partial charge in [0.05, 0.1) is 29.2 Å². The molecule has 1 fully saturated rings. The molecule has 0 spiro atoms. The first-order chi connectivity index (χ1) is 12.1. The van der Waals surface area contributed by atoms with Crippen LogP contribution in [-0.2, 0) is 9.53 Å². The first kappa shape index (κ1) is 18.1. The van der Waals surface area contributed by atoms with Gasteiger partial charge >= 0.3 is 5.97 Å². The normalized spacial score (nSPS) is 19.8. The topological polar surface area (TPSA) is 54.5 Å². The number of thiophene rings is 1. The summed E-state index contributed by atoms with van der Waals surface area (Å²) in [6.45, 7) is 0.657. The van der Waals surface area contributed by atoms with E-state index in [2.05, 4.69) is 15.2 Å². The van der Waals surface area contributed by atoms with Crippen molar-refractivity contribution < 1.29 is 9.53 Å². The van der Waals surface area contributed by atoms with Crippen molar-refractivity contribution in [1.29, 1.82) is 0 Å². The predicted molar refractivity (Wildman–Crippen MR) is 103 cm³/mol. The molecule has 0 unspecified atom stereocenters. The Bertz CT molecular complexity index is 753. The Balaban J connectivity index is 1.85. The molecule has 3 rings (SSSR count). The van der Waals surface area contributed by atoms with Gasteiger partial charge in [0.1, 0.15) is 0 Å². The summed E-state index contributed by atoms with van der Waals surface area (Å²) in [4.78, 5) is 19.1. The lowest BCUT2D eigenvalue weighted by atomic mass is 10.0. The SMILES string of the molecule is COC(=O)CCCN1C(=S)N[C@@H](c2ccccn2)[C@H]1c1ccc(Cl)s1. The maximum atomic E-state index is 11.4. The Morgan fingerprint density at radius 2 is 2.28 bits per heavy atom. The predicted octanol–water partition coefficient (Wildman–Crippen LogP) is 3.72. The smallest absolute Gasteiger partial charge is 0.305 e. The lowest BCUT2D eigenvalue weighted by Gasteiger charge is -2.26. The molecule has 1 aliphatic rings. The van der Waals surface area contributed by atoms with Crippen LogP contribution in [0.5, 0.6) is 0 Å². The van der Waals surface area contributed by atoms with Crippen molar-refractivity contribution in [2.75, 3.05) is 13.7 Å². The molecule has 3 heterocycles. The lowest BCUT2D eigenvalue weighted by Crippen LogP contribution is -2.30. The van der Waals surface area contributed by atoms with E-state index >= 15 is 0 Å². The van der Waals surface area contributed by atoms with Gasteiger partial charge in [0.25, 0.3) is 0 Å². The second-order valence-corrected chi connectivity index (χ2v) is 7.77. The molecule has 0 aromatic carbocycles. The fourth-order valence-electron chi connectivity index (χ4n) is 2.94. The average Bonchev–Trinajstić information content (AvgIpc) is 3.19. The summed E-state index contributed by atoms with van der Waals surface area (Å²) in [6.07, 6.45) is 2.80. The second-order valence-electron chi connectivity index (χ2n) is 5.64. The van der Waals surface area contributed by atoms with E-state index in [1.54, 1.807) is 6.20 Å². The van der Waals surface area contributed by atoms with Gasteiger partial charge in [-0.1, -0.05) is 17.7 Å². The molecule has 25 heavy (non-hydrogen) atoms. The molecule has 5 nitrogen and oxygen atoms in total. The molecule has 0 amide bonds. The van der Waals surface area contributed by atoms with E-state index in [1.807, 2.05) is 30.3 Å². The quantitative estimate of drug-likeness (QED) is 0.594. The molecule has 0 aliphatic carbocycles. The van der Waals surface area contributed by atoms with Gasteiger partial charge in [0, 0.05) is 24.0 Å². The van der Waals surface area contributed by atoms with E-state index < -0.39 is 0 Å². The highest BCUT2D eigenvalue weighted by atomic mass is 35.5. The summed E-state index contributed by atoms with van der Waals surface area (Å²) in [5.41, 5.74) is 0.926. The largest absolute Gasteiger partial charge is 0.469 e. The number of carbonyl (C=O) groups excluding carboxylic acids is 1. The first-order valence-corrected chi connectivity index (χ1v) is 9.50. The van der Waals surface area contributed by atoms with Gasteiger partial charge in [-0.2, -0.15) is 0 Å². The molecule has 1 N–H and O–H groups in total. The van der Waals surface area contributed by atoms with Gasteiger partial charge in [-0.05, 0) is 42.9 Å². The van der Waals surface area contributed by atoms with Crippen molar-refractivity contribution in [3.05, 3.63) is 51.4 Å². The highest BCUT2D eigenvalue weighted by Gasteiger charge is 2.40. The number of aromatic nitrogens is 1. The van der Waals surface area contributed by atoms with Gasteiger partial charge in [0.2, 0.25) is 0 Å².